The van der Waals surface area contributed by atoms with Gasteiger partial charge in [0.1, 0.15) is 0 Å². The largest absolute Gasteiger partial charge is 0.346 e. The van der Waals surface area contributed by atoms with Gasteiger partial charge in [-0.1, -0.05) is 66.7 Å². The van der Waals surface area contributed by atoms with Crippen molar-refractivity contribution in [2.75, 3.05) is 9.80 Å². The first-order chi connectivity index (χ1) is 13.9. The third-order valence-electron chi connectivity index (χ3n) is 5.31. The molecule has 1 heterocycles. The summed E-state index contributed by atoms with van der Waals surface area (Å²) in [5.74, 6) is 0. The van der Waals surface area contributed by atoms with Crippen molar-refractivity contribution in [3.8, 4) is 0 Å². The molecule has 3 aromatic rings. The van der Waals surface area contributed by atoms with Crippen molar-refractivity contribution >= 4 is 11.4 Å². The summed E-state index contributed by atoms with van der Waals surface area (Å²) >= 11 is 0. The summed E-state index contributed by atoms with van der Waals surface area (Å²) in [4.78, 5) is 4.17. The maximum absolute atomic E-state index is 8.45. The molecule has 26 heavy (non-hydrogen) atoms. The maximum Gasteiger partial charge on any atom is 0.0997 e. The monoisotopic (exact) mass is 345 g/mol. The van der Waals surface area contributed by atoms with Crippen LogP contribution in [0, 0.1) is 6.92 Å². The Kier molecular flexibility index (Phi) is 3.56. The van der Waals surface area contributed by atoms with E-state index in [1.807, 2.05) is 79.7 Å². The minimum atomic E-state index is -2.18. The van der Waals surface area contributed by atoms with Crippen molar-refractivity contribution in [3.63, 3.8) is 0 Å². The average molecular weight is 346 g/mol. The van der Waals surface area contributed by atoms with Crippen molar-refractivity contribution in [2.45, 2.75) is 38.9 Å². The number of anilines is 2. The molecule has 0 amide bonds. The van der Waals surface area contributed by atoms with E-state index in [1.54, 1.807) is 0 Å². The summed E-state index contributed by atoms with van der Waals surface area (Å²) < 4.78 is 25.4. The molecule has 3 atom stereocenters. The first-order valence-electron chi connectivity index (χ1n) is 10.6. The summed E-state index contributed by atoms with van der Waals surface area (Å²) in [7, 11) is 0. The van der Waals surface area contributed by atoms with E-state index in [0.717, 1.165) is 22.5 Å². The summed E-state index contributed by atoms with van der Waals surface area (Å²) in [5.41, 5.74) is 4.09. The van der Waals surface area contributed by atoms with Gasteiger partial charge in [-0.3, -0.25) is 0 Å². The summed E-state index contributed by atoms with van der Waals surface area (Å²) in [6, 6.07) is 28.1. The van der Waals surface area contributed by atoms with Gasteiger partial charge in [0.25, 0.3) is 0 Å². The molecule has 0 aromatic heterocycles. The molecule has 4 rings (SSSR count). The lowest BCUT2D eigenvalue weighted by atomic mass is 9.99. The van der Waals surface area contributed by atoms with Crippen molar-refractivity contribution < 1.29 is 4.11 Å². The van der Waals surface area contributed by atoms with E-state index in [4.69, 9.17) is 4.11 Å². The molecule has 0 spiro atoms. The molecule has 132 valence electrons. The zero-order valence-electron chi connectivity index (χ0n) is 18.2. The first-order valence-corrected chi connectivity index (χ1v) is 9.12. The molecule has 2 unspecified atom stereocenters. The Labute approximate surface area is 160 Å². The van der Waals surface area contributed by atoms with E-state index >= 15 is 0 Å². The molecule has 0 saturated carbocycles. The van der Waals surface area contributed by atoms with Gasteiger partial charge in [0.05, 0.1) is 18.2 Å². The van der Waals surface area contributed by atoms with Crippen LogP contribution in [0.3, 0.4) is 0 Å². The van der Waals surface area contributed by atoms with Crippen LogP contribution in [0.15, 0.2) is 84.9 Å². The highest BCUT2D eigenvalue weighted by atomic mass is 15.5. The number of hydrogen-bond acceptors (Lipinski definition) is 2. The van der Waals surface area contributed by atoms with Crippen molar-refractivity contribution in [3.05, 3.63) is 96.1 Å². The molecule has 0 aliphatic carbocycles. The number of aryl methyl sites for hydroxylation is 1. The van der Waals surface area contributed by atoms with Crippen LogP contribution in [-0.2, 0) is 0 Å². The molecule has 1 aliphatic heterocycles. The molecule has 0 radical (unpaired) electrons. The molecule has 3 aromatic carbocycles. The van der Waals surface area contributed by atoms with Crippen LogP contribution < -0.4 is 9.80 Å². The Balaban J connectivity index is 1.94. The minimum Gasteiger partial charge on any atom is -0.346 e. The highest BCUT2D eigenvalue weighted by Gasteiger charge is 2.43. The van der Waals surface area contributed by atoms with Gasteiger partial charge in [0.2, 0.25) is 0 Å². The molecular weight excluding hydrogens is 316 g/mol. The molecular formula is C24H26N2. The van der Waals surface area contributed by atoms with Gasteiger partial charge >= 0.3 is 0 Å². The number of para-hydroxylation sites is 2. The number of benzene rings is 3. The standard InChI is InChI=1S/C24H26N2/c1-18-12-10-11-17-23(18)25-19(2)24(21-13-6-4-7-14-21)26(20(25)3)22-15-8-5-9-16-22/h4-17,19-20,24H,1-3H3/t19-,20?,24?/m0/s1/i3D3. The minimum absolute atomic E-state index is 0.0240. The SMILES string of the molecule is [2H]C([2H])([2H])C1N(c2ccccc2)C(c2ccccc2)[C@H](C)N1c1ccccc1C. The van der Waals surface area contributed by atoms with Crippen LogP contribution in [0.1, 0.15) is 35.1 Å². The van der Waals surface area contributed by atoms with Crippen LogP contribution in [0.25, 0.3) is 0 Å². The second kappa shape index (κ2) is 6.87. The smallest absolute Gasteiger partial charge is 0.0997 e. The van der Waals surface area contributed by atoms with Crippen LogP contribution in [0.2, 0.25) is 0 Å². The molecule has 0 bridgehead atoms. The summed E-state index contributed by atoms with van der Waals surface area (Å²) in [6.45, 7) is 1.99. The Morgan fingerprint density at radius 3 is 2.04 bits per heavy atom. The molecule has 2 nitrogen and oxygen atoms in total. The second-order valence-electron chi connectivity index (χ2n) is 6.91. The fraction of sp³-hybridized carbons (Fsp3) is 0.250. The zero-order valence-corrected chi connectivity index (χ0v) is 15.2. The third-order valence-corrected chi connectivity index (χ3v) is 5.31. The van der Waals surface area contributed by atoms with Crippen molar-refractivity contribution in [2.24, 2.45) is 0 Å². The summed E-state index contributed by atoms with van der Waals surface area (Å²) in [6.07, 6.45) is -0.758. The quantitative estimate of drug-likeness (QED) is 0.592. The number of hydrogen-bond donors (Lipinski definition) is 0. The normalized spacial score (nSPS) is 24.8. The topological polar surface area (TPSA) is 6.48 Å². The van der Waals surface area contributed by atoms with Gasteiger partial charge in [-0.2, -0.15) is 0 Å². The van der Waals surface area contributed by atoms with Gasteiger partial charge in [-0.05, 0) is 50.0 Å². The summed E-state index contributed by atoms with van der Waals surface area (Å²) in [5, 5.41) is 0. The van der Waals surface area contributed by atoms with Gasteiger partial charge in [-0.15, -0.1) is 0 Å². The third kappa shape index (κ3) is 2.76. The zero-order chi connectivity index (χ0) is 20.6. The van der Waals surface area contributed by atoms with Crippen molar-refractivity contribution in [1.29, 1.82) is 0 Å². The Bertz CT molecular complexity index is 957. The lowest BCUT2D eigenvalue weighted by molar-refractivity contribution is 0.632. The van der Waals surface area contributed by atoms with E-state index in [-0.39, 0.29) is 12.1 Å². The second-order valence-corrected chi connectivity index (χ2v) is 6.91. The Morgan fingerprint density at radius 2 is 1.38 bits per heavy atom. The molecule has 2 heteroatoms. The van der Waals surface area contributed by atoms with E-state index in [1.165, 1.54) is 0 Å². The Hall–Kier alpha value is -2.74. The van der Waals surface area contributed by atoms with Gasteiger partial charge < -0.3 is 9.80 Å². The Morgan fingerprint density at radius 1 is 0.769 bits per heavy atom. The molecule has 1 aliphatic rings. The first kappa shape index (κ1) is 13.5. The fourth-order valence-electron chi connectivity index (χ4n) is 4.09. The number of rotatable bonds is 3. The number of nitrogens with zero attached hydrogens (tertiary/aromatic N) is 2. The lowest BCUT2D eigenvalue weighted by Gasteiger charge is -2.32. The van der Waals surface area contributed by atoms with E-state index in [9.17, 15) is 0 Å². The van der Waals surface area contributed by atoms with Crippen LogP contribution in [-0.4, -0.2) is 12.2 Å². The molecule has 1 saturated heterocycles. The van der Waals surface area contributed by atoms with E-state index < -0.39 is 13.0 Å². The fourth-order valence-corrected chi connectivity index (χ4v) is 4.09. The van der Waals surface area contributed by atoms with Gasteiger partial charge in [0, 0.05) is 15.5 Å². The van der Waals surface area contributed by atoms with Crippen LogP contribution in [0.4, 0.5) is 11.4 Å². The van der Waals surface area contributed by atoms with Crippen LogP contribution in [0.5, 0.6) is 0 Å². The predicted molar refractivity (Wildman–Crippen MR) is 111 cm³/mol. The molecule has 0 N–H and O–H groups in total. The van der Waals surface area contributed by atoms with Gasteiger partial charge in [-0.25, -0.2) is 0 Å². The van der Waals surface area contributed by atoms with E-state index in [2.05, 4.69) is 28.9 Å². The molecule has 1 fully saturated rings. The predicted octanol–water partition coefficient (Wildman–Crippen LogP) is 5.80. The average Bonchev–Trinajstić information content (AvgIpc) is 3.03. The van der Waals surface area contributed by atoms with Crippen molar-refractivity contribution in [1.82, 2.24) is 0 Å². The highest BCUT2D eigenvalue weighted by Crippen LogP contribution is 2.43. The highest BCUT2D eigenvalue weighted by molar-refractivity contribution is 5.63. The van der Waals surface area contributed by atoms with Crippen LogP contribution >= 0.6 is 0 Å². The van der Waals surface area contributed by atoms with Gasteiger partial charge in [0.15, 0.2) is 0 Å². The maximum atomic E-state index is 8.45. The van der Waals surface area contributed by atoms with E-state index in [0.29, 0.717) is 0 Å². The lowest BCUT2D eigenvalue weighted by Crippen LogP contribution is -2.38.